The molecule has 0 saturated heterocycles. The summed E-state index contributed by atoms with van der Waals surface area (Å²) < 4.78 is 0. The van der Waals surface area contributed by atoms with Crippen molar-refractivity contribution in [2.24, 2.45) is 0 Å². The Morgan fingerprint density at radius 1 is 1.25 bits per heavy atom. The van der Waals surface area contributed by atoms with Crippen molar-refractivity contribution in [3.05, 3.63) is 45.7 Å². The van der Waals surface area contributed by atoms with Crippen LogP contribution in [-0.4, -0.2) is 9.97 Å². The van der Waals surface area contributed by atoms with E-state index >= 15 is 0 Å². The highest BCUT2D eigenvalue weighted by atomic mass is 16.1. The van der Waals surface area contributed by atoms with Crippen LogP contribution < -0.4 is 11.3 Å². The summed E-state index contributed by atoms with van der Waals surface area (Å²) in [5.74, 6) is 0.142. The minimum atomic E-state index is -0.233. The second kappa shape index (κ2) is 3.81. The smallest absolute Gasteiger partial charge is 0.252 e. The highest BCUT2D eigenvalue weighted by Gasteiger charge is 2.05. The molecule has 0 unspecified atom stereocenters. The van der Waals surface area contributed by atoms with Gasteiger partial charge in [-0.15, -0.1) is 0 Å². The fraction of sp³-hybridized carbons (Fsp3) is 0.167. The summed E-state index contributed by atoms with van der Waals surface area (Å²) in [5, 5.41) is 0. The standard InChI is InChI=1S/C12H13N3O/c1-7-3-4-8(2)9(5-7)10-6-11(16)15-12(13)14-10/h3-6H,1-2H3,(H3,13,14,15,16). The topological polar surface area (TPSA) is 71.8 Å². The van der Waals surface area contributed by atoms with Crippen molar-refractivity contribution < 1.29 is 0 Å². The third kappa shape index (κ3) is 1.95. The van der Waals surface area contributed by atoms with Crippen LogP contribution >= 0.6 is 0 Å². The SMILES string of the molecule is Cc1ccc(C)c(-c2cc(=O)[nH]c(N)n2)c1. The Morgan fingerprint density at radius 3 is 2.69 bits per heavy atom. The minimum absolute atomic E-state index is 0.142. The normalized spacial score (nSPS) is 10.4. The van der Waals surface area contributed by atoms with E-state index in [0.29, 0.717) is 5.69 Å². The van der Waals surface area contributed by atoms with Crippen molar-refractivity contribution >= 4 is 5.95 Å². The van der Waals surface area contributed by atoms with Gasteiger partial charge in [0.1, 0.15) is 0 Å². The van der Waals surface area contributed by atoms with Crippen LogP contribution in [0.5, 0.6) is 0 Å². The van der Waals surface area contributed by atoms with E-state index in [1.807, 2.05) is 32.0 Å². The first-order chi connectivity index (χ1) is 7.56. The van der Waals surface area contributed by atoms with Crippen molar-refractivity contribution in [3.63, 3.8) is 0 Å². The number of nitrogens with one attached hydrogen (secondary N) is 1. The lowest BCUT2D eigenvalue weighted by molar-refractivity contribution is 1.14. The molecule has 0 aliphatic rings. The van der Waals surface area contributed by atoms with Crippen LogP contribution in [0.3, 0.4) is 0 Å². The summed E-state index contributed by atoms with van der Waals surface area (Å²) in [6.45, 7) is 3.98. The molecule has 0 fully saturated rings. The van der Waals surface area contributed by atoms with Crippen LogP contribution in [0.25, 0.3) is 11.3 Å². The van der Waals surface area contributed by atoms with Crippen LogP contribution in [0.15, 0.2) is 29.1 Å². The summed E-state index contributed by atoms with van der Waals surface area (Å²) in [6.07, 6.45) is 0. The molecule has 4 heteroatoms. The summed E-state index contributed by atoms with van der Waals surface area (Å²) in [7, 11) is 0. The first-order valence-corrected chi connectivity index (χ1v) is 5.01. The Bertz CT molecular complexity index is 587. The molecule has 0 amide bonds. The molecule has 82 valence electrons. The molecule has 1 aromatic carbocycles. The minimum Gasteiger partial charge on any atom is -0.369 e. The van der Waals surface area contributed by atoms with Crippen molar-refractivity contribution in [1.29, 1.82) is 0 Å². The van der Waals surface area contributed by atoms with Crippen molar-refractivity contribution in [1.82, 2.24) is 9.97 Å². The number of hydrogen-bond acceptors (Lipinski definition) is 3. The molecule has 0 aliphatic carbocycles. The molecule has 2 rings (SSSR count). The zero-order valence-corrected chi connectivity index (χ0v) is 9.24. The summed E-state index contributed by atoms with van der Waals surface area (Å²) in [4.78, 5) is 17.9. The van der Waals surface area contributed by atoms with Gasteiger partial charge in [0.15, 0.2) is 0 Å². The van der Waals surface area contributed by atoms with E-state index in [9.17, 15) is 4.79 Å². The summed E-state index contributed by atoms with van der Waals surface area (Å²) >= 11 is 0. The largest absolute Gasteiger partial charge is 0.369 e. The van der Waals surface area contributed by atoms with Gasteiger partial charge in [0.25, 0.3) is 5.56 Å². The predicted molar refractivity (Wildman–Crippen MR) is 64.2 cm³/mol. The van der Waals surface area contributed by atoms with Gasteiger partial charge < -0.3 is 5.73 Å². The molecule has 0 radical (unpaired) electrons. The Kier molecular flexibility index (Phi) is 2.48. The number of anilines is 1. The van der Waals surface area contributed by atoms with Gasteiger partial charge >= 0.3 is 0 Å². The predicted octanol–water partition coefficient (Wildman–Crippen LogP) is 1.64. The lowest BCUT2D eigenvalue weighted by Crippen LogP contribution is -2.10. The molecule has 1 aromatic heterocycles. The maximum Gasteiger partial charge on any atom is 0.252 e. The quantitative estimate of drug-likeness (QED) is 0.759. The Hall–Kier alpha value is -2.10. The molecule has 4 nitrogen and oxygen atoms in total. The van der Waals surface area contributed by atoms with E-state index in [-0.39, 0.29) is 11.5 Å². The zero-order valence-electron chi connectivity index (χ0n) is 9.24. The second-order valence-electron chi connectivity index (χ2n) is 3.83. The average Bonchev–Trinajstić information content (AvgIpc) is 2.20. The summed E-state index contributed by atoms with van der Waals surface area (Å²) in [5.41, 5.74) is 9.04. The molecule has 0 spiro atoms. The van der Waals surface area contributed by atoms with Crippen LogP contribution in [0.2, 0.25) is 0 Å². The van der Waals surface area contributed by atoms with Gasteiger partial charge in [-0.05, 0) is 25.5 Å². The number of nitrogens with zero attached hydrogens (tertiary/aromatic N) is 1. The fourth-order valence-electron chi connectivity index (χ4n) is 1.63. The lowest BCUT2D eigenvalue weighted by Gasteiger charge is -2.06. The van der Waals surface area contributed by atoms with E-state index in [2.05, 4.69) is 9.97 Å². The maximum absolute atomic E-state index is 11.3. The van der Waals surface area contributed by atoms with Gasteiger partial charge in [0.2, 0.25) is 5.95 Å². The highest BCUT2D eigenvalue weighted by molar-refractivity contribution is 5.64. The van der Waals surface area contributed by atoms with E-state index in [1.165, 1.54) is 6.07 Å². The Labute approximate surface area is 93.2 Å². The highest BCUT2D eigenvalue weighted by Crippen LogP contribution is 2.21. The van der Waals surface area contributed by atoms with Crippen molar-refractivity contribution in [2.75, 3.05) is 5.73 Å². The van der Waals surface area contributed by atoms with E-state index in [0.717, 1.165) is 16.7 Å². The van der Waals surface area contributed by atoms with Gasteiger partial charge in [-0.25, -0.2) is 4.98 Å². The third-order valence-electron chi connectivity index (χ3n) is 2.43. The van der Waals surface area contributed by atoms with Gasteiger partial charge in [-0.2, -0.15) is 0 Å². The number of benzene rings is 1. The summed E-state index contributed by atoms with van der Waals surface area (Å²) in [6, 6.07) is 7.48. The lowest BCUT2D eigenvalue weighted by atomic mass is 10.0. The fourth-order valence-corrected chi connectivity index (χ4v) is 1.63. The molecular weight excluding hydrogens is 202 g/mol. The van der Waals surface area contributed by atoms with Crippen LogP contribution in [0, 0.1) is 13.8 Å². The van der Waals surface area contributed by atoms with E-state index < -0.39 is 0 Å². The molecule has 0 bridgehead atoms. The van der Waals surface area contributed by atoms with Gasteiger partial charge in [0, 0.05) is 11.6 Å². The molecular formula is C12H13N3O. The number of aryl methyl sites for hydroxylation is 2. The van der Waals surface area contributed by atoms with Crippen molar-refractivity contribution in [2.45, 2.75) is 13.8 Å². The number of rotatable bonds is 1. The van der Waals surface area contributed by atoms with E-state index in [4.69, 9.17) is 5.73 Å². The number of nitrogens with two attached hydrogens (primary N) is 1. The number of aromatic nitrogens is 2. The first-order valence-electron chi connectivity index (χ1n) is 5.01. The van der Waals surface area contributed by atoms with Crippen molar-refractivity contribution in [3.8, 4) is 11.3 Å². The van der Waals surface area contributed by atoms with Crippen LogP contribution in [-0.2, 0) is 0 Å². The molecule has 16 heavy (non-hydrogen) atoms. The number of hydrogen-bond donors (Lipinski definition) is 2. The second-order valence-corrected chi connectivity index (χ2v) is 3.83. The molecule has 1 heterocycles. The number of nitrogen functional groups attached to an aromatic ring is 1. The van der Waals surface area contributed by atoms with Crippen LogP contribution in [0.4, 0.5) is 5.95 Å². The number of H-pyrrole nitrogens is 1. The molecule has 2 aromatic rings. The van der Waals surface area contributed by atoms with Gasteiger partial charge in [0.05, 0.1) is 5.69 Å². The van der Waals surface area contributed by atoms with E-state index in [1.54, 1.807) is 0 Å². The maximum atomic E-state index is 11.3. The average molecular weight is 215 g/mol. The first kappa shape index (κ1) is 10.4. The molecule has 0 aliphatic heterocycles. The Balaban J connectivity index is 2.66. The molecule has 0 saturated carbocycles. The monoisotopic (exact) mass is 215 g/mol. The van der Waals surface area contributed by atoms with Crippen LogP contribution in [0.1, 0.15) is 11.1 Å². The zero-order chi connectivity index (χ0) is 11.7. The Morgan fingerprint density at radius 2 is 2.00 bits per heavy atom. The molecule has 3 N–H and O–H groups in total. The molecule has 0 atom stereocenters. The third-order valence-corrected chi connectivity index (χ3v) is 2.43. The van der Waals surface area contributed by atoms with Gasteiger partial charge in [-0.3, -0.25) is 9.78 Å². The number of aromatic amines is 1. The van der Waals surface area contributed by atoms with Gasteiger partial charge in [-0.1, -0.05) is 17.7 Å².